The maximum Gasteiger partial charge on any atom is 0.435 e. The van der Waals surface area contributed by atoms with Crippen molar-refractivity contribution in [3.63, 3.8) is 0 Å². The molecule has 2 aliphatic rings. The van der Waals surface area contributed by atoms with Crippen LogP contribution >= 0.6 is 0 Å². The number of benzene rings is 1. The highest BCUT2D eigenvalue weighted by Gasteiger charge is 2.59. The second-order valence-electron chi connectivity index (χ2n) is 11.4. The quantitative estimate of drug-likeness (QED) is 0.300. The van der Waals surface area contributed by atoms with Crippen LogP contribution in [-0.4, -0.2) is 54.7 Å². The highest BCUT2D eigenvalue weighted by atomic mass is 19.4. The molecule has 6 rings (SSSR count). The first kappa shape index (κ1) is 29.5. The number of rotatable bonds is 6. The van der Waals surface area contributed by atoms with Crippen LogP contribution < -0.4 is 10.5 Å². The molecule has 9 nitrogen and oxygen atoms in total. The smallest absolute Gasteiger partial charge is 0.435 e. The maximum atomic E-state index is 13.8. The van der Waals surface area contributed by atoms with Crippen molar-refractivity contribution in [3.8, 4) is 23.1 Å². The summed E-state index contributed by atoms with van der Waals surface area (Å²) >= 11 is 0. The summed E-state index contributed by atoms with van der Waals surface area (Å²) in [4.78, 5) is 26.8. The molecule has 2 fully saturated rings. The van der Waals surface area contributed by atoms with E-state index in [0.717, 1.165) is 23.0 Å². The van der Waals surface area contributed by atoms with Crippen LogP contribution in [0, 0.1) is 11.8 Å². The van der Waals surface area contributed by atoms with Gasteiger partial charge in [0.25, 0.3) is 5.91 Å². The Hall–Kier alpha value is -4.53. The van der Waals surface area contributed by atoms with E-state index in [-0.39, 0.29) is 42.9 Å². The van der Waals surface area contributed by atoms with Crippen LogP contribution in [0.4, 0.5) is 26.3 Å². The second kappa shape index (κ2) is 10.3. The summed E-state index contributed by atoms with van der Waals surface area (Å²) in [6.45, 7) is 3.84. The zero-order valence-corrected chi connectivity index (χ0v) is 23.3. The predicted octanol–water partition coefficient (Wildman–Crippen LogP) is 5.11. The van der Waals surface area contributed by atoms with Gasteiger partial charge < -0.3 is 15.4 Å². The SMILES string of the molecule is CC(C)(N)c1cc(OC2C3CN(C(=O)c4cn(-c5ncccn5)nc4C(F)(F)F)CC32)nc(-c2ccc(C(F)(F)F)cc2)c1. The van der Waals surface area contributed by atoms with E-state index in [9.17, 15) is 31.1 Å². The first-order valence-corrected chi connectivity index (χ1v) is 13.5. The third kappa shape index (κ3) is 5.70. The van der Waals surface area contributed by atoms with Gasteiger partial charge in [-0.05, 0) is 43.7 Å². The molecule has 4 heterocycles. The molecule has 3 aromatic heterocycles. The third-order valence-corrected chi connectivity index (χ3v) is 7.68. The average molecular weight is 618 g/mol. The number of hydrogen-bond acceptors (Lipinski definition) is 7. The lowest BCUT2D eigenvalue weighted by Gasteiger charge is -2.22. The van der Waals surface area contributed by atoms with Crippen LogP contribution in [0.25, 0.3) is 17.2 Å². The lowest BCUT2D eigenvalue weighted by atomic mass is 9.94. The van der Waals surface area contributed by atoms with E-state index in [1.54, 1.807) is 26.0 Å². The Morgan fingerprint density at radius 1 is 0.932 bits per heavy atom. The van der Waals surface area contributed by atoms with E-state index in [4.69, 9.17) is 10.5 Å². The minimum atomic E-state index is -4.88. The van der Waals surface area contributed by atoms with Crippen LogP contribution in [0.5, 0.6) is 5.88 Å². The number of carbonyl (C=O) groups excluding carboxylic acids is 1. The van der Waals surface area contributed by atoms with Gasteiger partial charge in [-0.25, -0.2) is 19.6 Å². The molecule has 1 amide bonds. The number of likely N-dealkylation sites (tertiary alicyclic amines) is 1. The Bertz CT molecular complexity index is 1690. The number of carbonyl (C=O) groups is 1. The molecule has 1 aliphatic heterocycles. The largest absolute Gasteiger partial charge is 0.474 e. The number of aromatic nitrogens is 5. The number of alkyl halides is 6. The van der Waals surface area contributed by atoms with Crippen molar-refractivity contribution in [1.29, 1.82) is 0 Å². The molecule has 2 unspecified atom stereocenters. The number of hydrogen-bond donors (Lipinski definition) is 1. The summed E-state index contributed by atoms with van der Waals surface area (Å²) in [5.41, 5.74) is 4.20. The molecular formula is C29H25F6N7O2. The number of nitrogens with zero attached hydrogens (tertiary/aromatic N) is 6. The highest BCUT2D eigenvalue weighted by molar-refractivity contribution is 5.95. The van der Waals surface area contributed by atoms with Crippen molar-refractivity contribution in [1.82, 2.24) is 29.6 Å². The van der Waals surface area contributed by atoms with Gasteiger partial charge in [0, 0.05) is 60.7 Å². The van der Waals surface area contributed by atoms with Crippen molar-refractivity contribution in [3.05, 3.63) is 83.4 Å². The standard InChI is InChI=1S/C29H25F6N7O2/c1-27(2,36)17-10-21(15-4-6-16(7-5-15)28(30,31)32)39-22(11-17)44-23-18-12-41(13-19(18)23)25(43)20-14-42(26-37-8-3-9-38-26)40-24(20)29(33,34)35/h3-11,14,18-19,23H,12-13,36H2,1-2H3. The summed E-state index contributed by atoms with van der Waals surface area (Å²) in [6.07, 6.45) is -6.05. The third-order valence-electron chi connectivity index (χ3n) is 7.68. The second-order valence-corrected chi connectivity index (χ2v) is 11.4. The van der Waals surface area contributed by atoms with Gasteiger partial charge in [-0.1, -0.05) is 12.1 Å². The molecule has 44 heavy (non-hydrogen) atoms. The summed E-state index contributed by atoms with van der Waals surface area (Å²) < 4.78 is 87.5. The maximum absolute atomic E-state index is 13.8. The van der Waals surface area contributed by atoms with Crippen LogP contribution in [-0.2, 0) is 17.9 Å². The van der Waals surface area contributed by atoms with E-state index < -0.39 is 40.6 Å². The van der Waals surface area contributed by atoms with E-state index in [1.807, 2.05) is 0 Å². The van der Waals surface area contributed by atoms with E-state index in [2.05, 4.69) is 20.1 Å². The predicted molar refractivity (Wildman–Crippen MR) is 143 cm³/mol. The summed E-state index contributed by atoms with van der Waals surface area (Å²) in [5.74, 6) is -1.02. The Balaban J connectivity index is 1.19. The molecule has 230 valence electrons. The highest BCUT2D eigenvalue weighted by Crippen LogP contribution is 2.48. The van der Waals surface area contributed by atoms with E-state index in [1.165, 1.54) is 35.5 Å². The fraction of sp³-hybridized carbons (Fsp3) is 0.345. The van der Waals surface area contributed by atoms with Gasteiger partial charge in [0.15, 0.2) is 5.69 Å². The summed E-state index contributed by atoms with van der Waals surface area (Å²) in [7, 11) is 0. The van der Waals surface area contributed by atoms with Gasteiger partial charge in [0.05, 0.1) is 16.8 Å². The summed E-state index contributed by atoms with van der Waals surface area (Å²) in [6, 6.07) is 9.41. The van der Waals surface area contributed by atoms with E-state index >= 15 is 0 Å². The average Bonchev–Trinajstić information content (AvgIpc) is 3.32. The lowest BCUT2D eigenvalue weighted by molar-refractivity contribution is -0.141. The van der Waals surface area contributed by atoms with Gasteiger partial charge in [-0.3, -0.25) is 4.79 Å². The van der Waals surface area contributed by atoms with Gasteiger partial charge in [0.2, 0.25) is 11.8 Å². The van der Waals surface area contributed by atoms with Crippen LogP contribution in [0.3, 0.4) is 0 Å². The Morgan fingerprint density at radius 2 is 1.57 bits per heavy atom. The van der Waals surface area contributed by atoms with Gasteiger partial charge in [-0.15, -0.1) is 0 Å². The normalized spacial score (nSPS) is 20.0. The Kier molecular flexibility index (Phi) is 6.90. The van der Waals surface area contributed by atoms with Gasteiger partial charge in [0.1, 0.15) is 6.10 Å². The molecule has 15 heteroatoms. The number of fused-ring (bicyclic) bond motifs is 1. The number of amides is 1. The van der Waals surface area contributed by atoms with Crippen molar-refractivity contribution in [2.75, 3.05) is 13.1 Å². The lowest BCUT2D eigenvalue weighted by Crippen LogP contribution is -2.34. The molecule has 1 saturated carbocycles. The summed E-state index contributed by atoms with van der Waals surface area (Å²) in [5, 5.41) is 3.54. The van der Waals surface area contributed by atoms with Crippen LogP contribution in [0.15, 0.2) is 61.1 Å². The first-order valence-electron chi connectivity index (χ1n) is 13.5. The fourth-order valence-electron chi connectivity index (χ4n) is 5.29. The molecule has 4 aromatic rings. The minimum Gasteiger partial charge on any atom is -0.474 e. The Morgan fingerprint density at radius 3 is 2.14 bits per heavy atom. The molecule has 0 spiro atoms. The van der Waals surface area contributed by atoms with Crippen molar-refractivity contribution in [2.45, 2.75) is 37.8 Å². The first-order chi connectivity index (χ1) is 20.6. The molecule has 1 saturated heterocycles. The molecule has 0 bridgehead atoms. The topological polar surface area (TPSA) is 112 Å². The molecule has 1 aliphatic carbocycles. The van der Waals surface area contributed by atoms with Gasteiger partial charge >= 0.3 is 12.4 Å². The Labute approximate surface area is 246 Å². The molecule has 1 aromatic carbocycles. The number of piperidine rings is 1. The number of pyridine rings is 1. The number of ether oxygens (including phenoxy) is 1. The monoisotopic (exact) mass is 617 g/mol. The van der Waals surface area contributed by atoms with Crippen LogP contribution in [0.2, 0.25) is 0 Å². The number of nitrogens with two attached hydrogens (primary N) is 1. The molecular weight excluding hydrogens is 592 g/mol. The fourth-order valence-corrected chi connectivity index (χ4v) is 5.29. The molecule has 2 N–H and O–H groups in total. The molecule has 2 atom stereocenters. The zero-order valence-electron chi connectivity index (χ0n) is 23.3. The van der Waals surface area contributed by atoms with E-state index in [0.29, 0.717) is 16.8 Å². The van der Waals surface area contributed by atoms with Crippen molar-refractivity contribution < 1.29 is 35.9 Å². The minimum absolute atomic E-state index is 0.110. The number of halogens is 6. The molecule has 0 radical (unpaired) electrons. The zero-order chi connectivity index (χ0) is 31.6. The van der Waals surface area contributed by atoms with Crippen molar-refractivity contribution in [2.24, 2.45) is 17.6 Å². The van der Waals surface area contributed by atoms with Crippen molar-refractivity contribution >= 4 is 5.91 Å². The van der Waals surface area contributed by atoms with Gasteiger partial charge in [-0.2, -0.15) is 31.4 Å². The van der Waals surface area contributed by atoms with Crippen LogP contribution in [0.1, 0.15) is 41.0 Å².